The number of nitrogens with zero attached hydrogens (tertiary/aromatic N) is 1. The molecule has 122 valence electrons. The Hall–Kier alpha value is -2.18. The monoisotopic (exact) mass is 314 g/mol. The quantitative estimate of drug-likeness (QED) is 0.756. The maximum atomic E-state index is 12.2. The molecule has 0 saturated carbocycles. The third kappa shape index (κ3) is 3.97. The average molecular weight is 314 g/mol. The van der Waals surface area contributed by atoms with Crippen LogP contribution in [0.3, 0.4) is 0 Å². The Morgan fingerprint density at radius 1 is 1.39 bits per heavy atom. The number of H-pyrrole nitrogens is 1. The Morgan fingerprint density at radius 2 is 2.22 bits per heavy atom. The first-order chi connectivity index (χ1) is 11.3. The molecular weight excluding hydrogens is 292 g/mol. The van der Waals surface area contributed by atoms with Gasteiger partial charge in [-0.1, -0.05) is 12.1 Å². The minimum absolute atomic E-state index is 0.0796. The first-order valence-corrected chi connectivity index (χ1v) is 7.87. The third-order valence-electron chi connectivity index (χ3n) is 4.12. The third-order valence-corrected chi connectivity index (χ3v) is 4.12. The van der Waals surface area contributed by atoms with Gasteiger partial charge in [-0.2, -0.15) is 5.10 Å². The molecule has 0 bridgehead atoms. The van der Waals surface area contributed by atoms with E-state index < -0.39 is 0 Å². The summed E-state index contributed by atoms with van der Waals surface area (Å²) < 4.78 is 5.02. The highest BCUT2D eigenvalue weighted by Gasteiger charge is 2.16. The summed E-state index contributed by atoms with van der Waals surface area (Å²) in [4.78, 5) is 12.2. The van der Waals surface area contributed by atoms with Crippen molar-refractivity contribution in [3.63, 3.8) is 0 Å². The van der Waals surface area contributed by atoms with E-state index in [1.807, 2.05) is 18.2 Å². The number of methoxy groups -OCH3 is 1. The summed E-state index contributed by atoms with van der Waals surface area (Å²) in [5.41, 5.74) is 3.66. The molecule has 1 fully saturated rings. The summed E-state index contributed by atoms with van der Waals surface area (Å²) >= 11 is 0. The van der Waals surface area contributed by atoms with E-state index in [0.717, 1.165) is 30.9 Å². The highest BCUT2D eigenvalue weighted by atomic mass is 16.5. The highest BCUT2D eigenvalue weighted by Crippen LogP contribution is 2.22. The molecule has 1 aromatic carbocycles. The van der Waals surface area contributed by atoms with Gasteiger partial charge in [-0.05, 0) is 42.6 Å². The molecule has 0 spiro atoms. The molecule has 3 N–H and O–H groups in total. The van der Waals surface area contributed by atoms with Gasteiger partial charge < -0.3 is 15.4 Å². The summed E-state index contributed by atoms with van der Waals surface area (Å²) in [6, 6.07) is 9.79. The zero-order valence-electron chi connectivity index (χ0n) is 13.3. The number of aromatic amines is 1. The molecule has 0 radical (unpaired) electrons. The average Bonchev–Trinajstić information content (AvgIpc) is 3.25. The lowest BCUT2D eigenvalue weighted by Crippen LogP contribution is -2.23. The Bertz CT molecular complexity index is 645. The maximum Gasteiger partial charge on any atom is 0.251 e. The second kappa shape index (κ2) is 7.39. The standard InChI is InChI=1S/C17H22N4O2/c1-23-11-16-8-15(20-21-16)10-19-17(22)13-4-2-12(3-5-13)14-6-7-18-9-14/h2-5,8,14,18H,6-7,9-11H2,1H3,(H,19,22)(H,20,21). The van der Waals surface area contributed by atoms with Crippen molar-refractivity contribution in [2.75, 3.05) is 20.2 Å². The van der Waals surface area contributed by atoms with Crippen molar-refractivity contribution in [3.8, 4) is 0 Å². The summed E-state index contributed by atoms with van der Waals surface area (Å²) in [6.45, 7) is 2.98. The summed E-state index contributed by atoms with van der Waals surface area (Å²) in [5, 5.41) is 13.3. The molecule has 1 aliphatic rings. The van der Waals surface area contributed by atoms with Gasteiger partial charge in [0, 0.05) is 19.2 Å². The molecule has 6 nitrogen and oxygen atoms in total. The molecule has 0 aliphatic carbocycles. The van der Waals surface area contributed by atoms with Crippen molar-refractivity contribution in [3.05, 3.63) is 52.8 Å². The number of benzene rings is 1. The number of aromatic nitrogens is 2. The maximum absolute atomic E-state index is 12.2. The first-order valence-electron chi connectivity index (χ1n) is 7.87. The van der Waals surface area contributed by atoms with Crippen LogP contribution in [0.5, 0.6) is 0 Å². The molecule has 23 heavy (non-hydrogen) atoms. The van der Waals surface area contributed by atoms with Gasteiger partial charge in [0.2, 0.25) is 0 Å². The number of rotatable bonds is 6. The lowest BCUT2D eigenvalue weighted by molar-refractivity contribution is 0.0950. The largest absolute Gasteiger partial charge is 0.378 e. The number of hydrogen-bond donors (Lipinski definition) is 3. The topological polar surface area (TPSA) is 79.0 Å². The molecule has 1 unspecified atom stereocenters. The van der Waals surface area contributed by atoms with E-state index in [9.17, 15) is 4.79 Å². The van der Waals surface area contributed by atoms with Crippen LogP contribution >= 0.6 is 0 Å². The van der Waals surface area contributed by atoms with Crippen molar-refractivity contribution in [1.82, 2.24) is 20.8 Å². The predicted molar refractivity (Wildman–Crippen MR) is 87.1 cm³/mol. The van der Waals surface area contributed by atoms with Crippen LogP contribution in [0.25, 0.3) is 0 Å². The van der Waals surface area contributed by atoms with Crippen LogP contribution in [0.4, 0.5) is 0 Å². The van der Waals surface area contributed by atoms with Crippen LogP contribution in [0.1, 0.15) is 39.6 Å². The van der Waals surface area contributed by atoms with E-state index in [2.05, 4.69) is 33.0 Å². The van der Waals surface area contributed by atoms with Gasteiger partial charge in [0.25, 0.3) is 5.91 Å². The van der Waals surface area contributed by atoms with E-state index in [1.165, 1.54) is 5.56 Å². The smallest absolute Gasteiger partial charge is 0.251 e. The van der Waals surface area contributed by atoms with Crippen LogP contribution < -0.4 is 10.6 Å². The fraction of sp³-hybridized carbons (Fsp3) is 0.412. The fourth-order valence-corrected chi connectivity index (χ4v) is 2.85. The number of nitrogens with one attached hydrogen (secondary N) is 3. The Kier molecular flexibility index (Phi) is 5.05. The SMILES string of the molecule is COCc1cc(CNC(=O)c2ccc(C3CCNC3)cc2)[nH]n1. The molecule has 1 aromatic heterocycles. The van der Waals surface area contributed by atoms with Gasteiger partial charge in [0.1, 0.15) is 0 Å². The van der Waals surface area contributed by atoms with Crippen LogP contribution in [0, 0.1) is 0 Å². The molecule has 1 amide bonds. The minimum atomic E-state index is -0.0796. The van der Waals surface area contributed by atoms with E-state index >= 15 is 0 Å². The van der Waals surface area contributed by atoms with E-state index in [0.29, 0.717) is 24.6 Å². The predicted octanol–water partition coefficient (Wildman–Crippen LogP) is 1.56. The molecular formula is C17H22N4O2. The lowest BCUT2D eigenvalue weighted by atomic mass is 9.97. The Labute approximate surface area is 135 Å². The van der Waals surface area contributed by atoms with E-state index in [4.69, 9.17) is 4.74 Å². The molecule has 3 rings (SSSR count). The molecule has 1 atom stereocenters. The van der Waals surface area contributed by atoms with Gasteiger partial charge in [-0.3, -0.25) is 9.89 Å². The van der Waals surface area contributed by atoms with Crippen LogP contribution in [-0.2, 0) is 17.9 Å². The van der Waals surface area contributed by atoms with Crippen molar-refractivity contribution in [2.45, 2.75) is 25.5 Å². The lowest BCUT2D eigenvalue weighted by Gasteiger charge is -2.09. The second-order valence-corrected chi connectivity index (χ2v) is 5.81. The number of hydrogen-bond acceptors (Lipinski definition) is 4. The van der Waals surface area contributed by atoms with E-state index in [1.54, 1.807) is 7.11 Å². The summed E-state index contributed by atoms with van der Waals surface area (Å²) in [7, 11) is 1.63. The molecule has 2 aromatic rings. The molecule has 1 aliphatic heterocycles. The van der Waals surface area contributed by atoms with Gasteiger partial charge >= 0.3 is 0 Å². The normalized spacial score (nSPS) is 17.3. The number of ether oxygens (including phenoxy) is 1. The first kappa shape index (κ1) is 15.7. The van der Waals surface area contributed by atoms with Gasteiger partial charge in [0.05, 0.1) is 24.5 Å². The molecule has 1 saturated heterocycles. The minimum Gasteiger partial charge on any atom is -0.378 e. The van der Waals surface area contributed by atoms with Crippen molar-refractivity contribution < 1.29 is 9.53 Å². The van der Waals surface area contributed by atoms with Gasteiger partial charge in [-0.15, -0.1) is 0 Å². The number of carbonyl (C=O) groups is 1. The zero-order valence-corrected chi connectivity index (χ0v) is 13.3. The van der Waals surface area contributed by atoms with Crippen LogP contribution in [-0.4, -0.2) is 36.3 Å². The van der Waals surface area contributed by atoms with Crippen molar-refractivity contribution in [1.29, 1.82) is 0 Å². The molecule has 6 heteroatoms. The van der Waals surface area contributed by atoms with Crippen molar-refractivity contribution >= 4 is 5.91 Å². The molecule has 2 heterocycles. The number of amides is 1. The number of carbonyl (C=O) groups excluding carboxylic acids is 1. The Balaban J connectivity index is 1.54. The zero-order chi connectivity index (χ0) is 16.1. The summed E-state index contributed by atoms with van der Waals surface area (Å²) in [6.07, 6.45) is 1.16. The second-order valence-electron chi connectivity index (χ2n) is 5.81. The fourth-order valence-electron chi connectivity index (χ4n) is 2.85. The van der Waals surface area contributed by atoms with Gasteiger partial charge in [-0.25, -0.2) is 0 Å². The van der Waals surface area contributed by atoms with Crippen LogP contribution in [0.2, 0.25) is 0 Å². The van der Waals surface area contributed by atoms with Crippen LogP contribution in [0.15, 0.2) is 30.3 Å². The summed E-state index contributed by atoms with van der Waals surface area (Å²) in [5.74, 6) is 0.486. The van der Waals surface area contributed by atoms with E-state index in [-0.39, 0.29) is 5.91 Å². The highest BCUT2D eigenvalue weighted by molar-refractivity contribution is 5.94. The van der Waals surface area contributed by atoms with Gasteiger partial charge in [0.15, 0.2) is 0 Å². The Morgan fingerprint density at radius 3 is 2.91 bits per heavy atom. The van der Waals surface area contributed by atoms with Crippen molar-refractivity contribution in [2.24, 2.45) is 0 Å².